The van der Waals surface area contributed by atoms with Gasteiger partial charge in [-0.2, -0.15) is 0 Å². The molecule has 1 rings (SSSR count). The summed E-state index contributed by atoms with van der Waals surface area (Å²) in [4.78, 5) is 10.2. The maximum absolute atomic E-state index is 10.7. The molecular formula is C9H9Br2NO3. The van der Waals surface area contributed by atoms with Crippen LogP contribution in [0.5, 0.6) is 5.75 Å². The zero-order valence-corrected chi connectivity index (χ0v) is 10.7. The highest BCUT2D eigenvalue weighted by molar-refractivity contribution is 9.11. The minimum atomic E-state index is -1.09. The number of carbonyl (C=O) groups is 1. The average Bonchev–Trinajstić information content (AvgIpc) is 2.15. The lowest BCUT2D eigenvalue weighted by Crippen LogP contribution is -2.34. The van der Waals surface area contributed by atoms with Gasteiger partial charge in [-0.25, -0.2) is 0 Å². The van der Waals surface area contributed by atoms with Gasteiger partial charge in [0, 0.05) is 4.47 Å². The zero-order valence-electron chi connectivity index (χ0n) is 7.52. The lowest BCUT2D eigenvalue weighted by atomic mass is 10.1. The molecule has 0 spiro atoms. The molecule has 1 aromatic carbocycles. The van der Waals surface area contributed by atoms with Gasteiger partial charge in [-0.05, 0) is 17.7 Å². The zero-order chi connectivity index (χ0) is 11.6. The molecule has 82 valence electrons. The molecule has 0 heterocycles. The number of hydrogen-bond acceptors (Lipinski definition) is 3. The van der Waals surface area contributed by atoms with E-state index >= 15 is 0 Å². The Bertz CT molecular complexity index is 384. The summed E-state index contributed by atoms with van der Waals surface area (Å²) in [7, 11) is 0. The highest BCUT2D eigenvalue weighted by Crippen LogP contribution is 2.33. The molecule has 0 aromatic heterocycles. The van der Waals surface area contributed by atoms with Crippen LogP contribution in [0.3, 0.4) is 0 Å². The first-order valence-corrected chi connectivity index (χ1v) is 5.75. The van der Waals surface area contributed by atoms with E-state index in [9.17, 15) is 9.90 Å². The smallest absolute Gasteiger partial charge is 0.321 e. The van der Waals surface area contributed by atoms with E-state index in [-0.39, 0.29) is 5.75 Å². The number of halogens is 2. The van der Waals surface area contributed by atoms with Crippen LogP contribution in [0, 0.1) is 0 Å². The summed E-state index contributed by atoms with van der Waals surface area (Å²) in [6, 6.07) is 3.54. The van der Waals surface area contributed by atoms with Gasteiger partial charge in [0.1, 0.15) is 11.8 Å². The van der Waals surface area contributed by atoms with Crippen molar-refractivity contribution in [2.45, 2.75) is 10.9 Å². The van der Waals surface area contributed by atoms with Gasteiger partial charge < -0.3 is 15.9 Å². The second-order valence-electron chi connectivity index (χ2n) is 2.97. The third-order valence-electron chi connectivity index (χ3n) is 1.88. The fourth-order valence-electron chi connectivity index (χ4n) is 1.06. The molecule has 0 aliphatic rings. The number of carboxylic acid groups (broad SMARTS) is 1. The van der Waals surface area contributed by atoms with Crippen molar-refractivity contribution in [3.8, 4) is 5.75 Å². The van der Waals surface area contributed by atoms with Gasteiger partial charge in [0.25, 0.3) is 0 Å². The fourth-order valence-corrected chi connectivity index (χ4v) is 2.60. The molecule has 2 atom stereocenters. The Morgan fingerprint density at radius 1 is 1.47 bits per heavy atom. The lowest BCUT2D eigenvalue weighted by molar-refractivity contribution is -0.138. The van der Waals surface area contributed by atoms with Crippen LogP contribution >= 0.6 is 31.9 Å². The molecule has 0 amide bonds. The Balaban J connectivity index is 3.01. The number of hydrogen-bond donors (Lipinski definition) is 3. The van der Waals surface area contributed by atoms with Gasteiger partial charge in [0.2, 0.25) is 0 Å². The van der Waals surface area contributed by atoms with Crippen molar-refractivity contribution in [1.82, 2.24) is 0 Å². The molecule has 0 aliphatic carbocycles. The van der Waals surface area contributed by atoms with Crippen molar-refractivity contribution in [3.05, 3.63) is 28.2 Å². The van der Waals surface area contributed by atoms with Crippen molar-refractivity contribution < 1.29 is 15.0 Å². The predicted molar refractivity (Wildman–Crippen MR) is 63.1 cm³/mol. The highest BCUT2D eigenvalue weighted by Gasteiger charge is 2.24. The average molecular weight is 339 g/mol. The number of nitrogens with two attached hydrogens (primary N) is 1. The molecule has 4 N–H and O–H groups in total. The van der Waals surface area contributed by atoms with Crippen molar-refractivity contribution in [2.75, 3.05) is 0 Å². The van der Waals surface area contributed by atoms with E-state index in [4.69, 9.17) is 10.8 Å². The molecule has 6 heteroatoms. The minimum absolute atomic E-state index is 0.106. The predicted octanol–water partition coefficient (Wildman–Crippen LogP) is 2.00. The summed E-state index contributed by atoms with van der Waals surface area (Å²) in [5.41, 5.74) is 6.15. The summed E-state index contributed by atoms with van der Waals surface area (Å²) in [6.45, 7) is 0. The number of aliphatic carboxylic acids is 1. The number of aromatic hydroxyl groups is 1. The molecule has 0 fully saturated rings. The van der Waals surface area contributed by atoms with Gasteiger partial charge >= 0.3 is 5.97 Å². The monoisotopic (exact) mass is 337 g/mol. The molecule has 0 aliphatic heterocycles. The number of benzene rings is 1. The third-order valence-corrected chi connectivity index (χ3v) is 3.63. The molecule has 1 aromatic rings. The summed E-state index contributed by atoms with van der Waals surface area (Å²) in [6.07, 6.45) is 0. The minimum Gasteiger partial charge on any atom is -0.508 e. The molecule has 0 saturated carbocycles. The topological polar surface area (TPSA) is 83.6 Å². The van der Waals surface area contributed by atoms with Crippen LogP contribution in [0.25, 0.3) is 0 Å². The van der Waals surface area contributed by atoms with Crippen LogP contribution in [0.4, 0.5) is 0 Å². The van der Waals surface area contributed by atoms with Crippen LogP contribution < -0.4 is 5.73 Å². The van der Waals surface area contributed by atoms with Crippen molar-refractivity contribution >= 4 is 37.8 Å². The molecule has 0 bridgehead atoms. The first-order valence-electron chi connectivity index (χ1n) is 4.04. The molecule has 4 nitrogen and oxygen atoms in total. The fraction of sp³-hybridized carbons (Fsp3) is 0.222. The van der Waals surface area contributed by atoms with Crippen LogP contribution in [0.15, 0.2) is 22.7 Å². The van der Waals surface area contributed by atoms with Gasteiger partial charge in [0.15, 0.2) is 0 Å². The second-order valence-corrected chi connectivity index (χ2v) is 4.81. The van der Waals surface area contributed by atoms with E-state index in [1.54, 1.807) is 6.07 Å². The normalized spacial score (nSPS) is 14.6. The summed E-state index contributed by atoms with van der Waals surface area (Å²) in [5.74, 6) is -0.980. The van der Waals surface area contributed by atoms with E-state index in [0.717, 1.165) is 0 Å². The van der Waals surface area contributed by atoms with Crippen LogP contribution in [0.1, 0.15) is 10.4 Å². The van der Waals surface area contributed by atoms with E-state index < -0.39 is 16.8 Å². The van der Waals surface area contributed by atoms with Gasteiger partial charge in [-0.3, -0.25) is 4.79 Å². The number of carboxylic acids is 1. The maximum atomic E-state index is 10.7. The summed E-state index contributed by atoms with van der Waals surface area (Å²) in [5, 5.41) is 17.9. The van der Waals surface area contributed by atoms with E-state index in [1.165, 1.54) is 12.1 Å². The molecule has 0 saturated heterocycles. The van der Waals surface area contributed by atoms with Gasteiger partial charge in [0.05, 0.1) is 4.83 Å². The standard InChI is InChI=1S/C9H9Br2NO3/c10-6-3-4(13)1-2-5(6)7(11)8(12)9(14)15/h1-3,7-8,13H,12H2,(H,14,15)/t7?,8-/m0/s1. The highest BCUT2D eigenvalue weighted by atomic mass is 79.9. The lowest BCUT2D eigenvalue weighted by Gasteiger charge is -2.16. The molecule has 1 unspecified atom stereocenters. The Morgan fingerprint density at radius 3 is 2.53 bits per heavy atom. The summed E-state index contributed by atoms with van der Waals surface area (Å²) < 4.78 is 0.612. The van der Waals surface area contributed by atoms with E-state index in [2.05, 4.69) is 31.9 Å². The van der Waals surface area contributed by atoms with Crippen LogP contribution in [-0.4, -0.2) is 22.2 Å². The first kappa shape index (κ1) is 12.5. The largest absolute Gasteiger partial charge is 0.508 e. The number of rotatable bonds is 3. The number of phenols is 1. The van der Waals surface area contributed by atoms with E-state index in [1.807, 2.05) is 0 Å². The summed E-state index contributed by atoms with van der Waals surface area (Å²) >= 11 is 6.44. The van der Waals surface area contributed by atoms with Crippen molar-refractivity contribution in [3.63, 3.8) is 0 Å². The maximum Gasteiger partial charge on any atom is 0.321 e. The van der Waals surface area contributed by atoms with E-state index in [0.29, 0.717) is 10.0 Å². The first-order chi connectivity index (χ1) is 6.93. The van der Waals surface area contributed by atoms with Crippen LogP contribution in [-0.2, 0) is 4.79 Å². The third kappa shape index (κ3) is 2.93. The second kappa shape index (κ2) is 4.96. The number of alkyl halides is 1. The van der Waals surface area contributed by atoms with Crippen LogP contribution in [0.2, 0.25) is 0 Å². The van der Waals surface area contributed by atoms with Crippen molar-refractivity contribution in [2.24, 2.45) is 5.73 Å². The Hall–Kier alpha value is -0.590. The Kier molecular flexibility index (Phi) is 4.12. The Labute approximate surface area is 103 Å². The SMILES string of the molecule is N[C@H](C(=O)O)C(Br)c1ccc(O)cc1Br. The van der Waals surface area contributed by atoms with Crippen molar-refractivity contribution in [1.29, 1.82) is 0 Å². The molecular weight excluding hydrogens is 330 g/mol. The molecule has 15 heavy (non-hydrogen) atoms. The number of phenolic OH excluding ortho intramolecular Hbond substituents is 1. The quantitative estimate of drug-likeness (QED) is 0.736. The van der Waals surface area contributed by atoms with Gasteiger partial charge in [-0.1, -0.05) is 37.9 Å². The molecule has 0 radical (unpaired) electrons. The van der Waals surface area contributed by atoms with Gasteiger partial charge in [-0.15, -0.1) is 0 Å². The Morgan fingerprint density at radius 2 is 2.07 bits per heavy atom.